The van der Waals surface area contributed by atoms with E-state index in [1.54, 1.807) is 17.5 Å². The molecule has 0 amide bonds. The second kappa shape index (κ2) is 5.71. The zero-order valence-corrected chi connectivity index (χ0v) is 11.8. The topological polar surface area (TPSA) is 59.1 Å². The molecule has 0 aliphatic carbocycles. The van der Waals surface area contributed by atoms with Gasteiger partial charge in [-0.25, -0.2) is 0 Å². The number of thiophene rings is 1. The van der Waals surface area contributed by atoms with Crippen LogP contribution in [0.3, 0.4) is 0 Å². The van der Waals surface area contributed by atoms with Gasteiger partial charge in [-0.3, -0.25) is 4.98 Å². The number of fused-ring (bicyclic) bond motifs is 1. The molecule has 2 heterocycles. The van der Waals surface area contributed by atoms with E-state index in [4.69, 9.17) is 5.73 Å². The SMILES string of the molecule is NCC(c1ccccn1)C(O)c1csc2ccccc12. The molecular weight excluding hydrogens is 268 g/mol. The third kappa shape index (κ3) is 2.33. The molecule has 20 heavy (non-hydrogen) atoms. The highest BCUT2D eigenvalue weighted by Gasteiger charge is 2.24. The van der Waals surface area contributed by atoms with Crippen molar-refractivity contribution in [2.75, 3.05) is 6.54 Å². The van der Waals surface area contributed by atoms with E-state index >= 15 is 0 Å². The number of rotatable bonds is 4. The summed E-state index contributed by atoms with van der Waals surface area (Å²) in [7, 11) is 0. The Kier molecular flexibility index (Phi) is 3.78. The Labute approximate surface area is 121 Å². The minimum atomic E-state index is -0.633. The summed E-state index contributed by atoms with van der Waals surface area (Å²) in [6.07, 6.45) is 1.10. The first-order valence-corrected chi connectivity index (χ1v) is 7.44. The van der Waals surface area contributed by atoms with Crippen LogP contribution in [0.2, 0.25) is 0 Å². The van der Waals surface area contributed by atoms with Crippen LogP contribution in [0.1, 0.15) is 23.3 Å². The van der Waals surface area contributed by atoms with E-state index in [0.717, 1.165) is 16.6 Å². The fourth-order valence-electron chi connectivity index (χ4n) is 2.45. The van der Waals surface area contributed by atoms with Gasteiger partial charge in [-0.1, -0.05) is 24.3 Å². The molecule has 3 nitrogen and oxygen atoms in total. The fraction of sp³-hybridized carbons (Fsp3) is 0.188. The van der Waals surface area contributed by atoms with Crippen LogP contribution >= 0.6 is 11.3 Å². The summed E-state index contributed by atoms with van der Waals surface area (Å²) >= 11 is 1.64. The summed E-state index contributed by atoms with van der Waals surface area (Å²) in [6, 6.07) is 13.8. The Hall–Kier alpha value is -1.75. The highest BCUT2D eigenvalue weighted by atomic mass is 32.1. The first kappa shape index (κ1) is 13.2. The molecule has 0 bridgehead atoms. The van der Waals surface area contributed by atoms with Crippen LogP contribution < -0.4 is 5.73 Å². The van der Waals surface area contributed by atoms with E-state index in [1.165, 1.54) is 4.70 Å². The number of aliphatic hydroxyl groups is 1. The number of benzene rings is 1. The predicted molar refractivity (Wildman–Crippen MR) is 82.8 cm³/mol. The lowest BCUT2D eigenvalue weighted by Gasteiger charge is -2.20. The van der Waals surface area contributed by atoms with Crippen molar-refractivity contribution in [3.63, 3.8) is 0 Å². The normalized spacial score (nSPS) is 14.3. The standard InChI is InChI=1S/C16H16N2OS/c17-9-12(14-6-3-4-8-18-14)16(19)13-10-20-15-7-2-1-5-11(13)15/h1-8,10,12,16,19H,9,17H2. The van der Waals surface area contributed by atoms with Crippen molar-refractivity contribution in [2.24, 2.45) is 5.73 Å². The molecule has 3 aromatic rings. The van der Waals surface area contributed by atoms with Gasteiger partial charge in [0.05, 0.1) is 6.10 Å². The maximum atomic E-state index is 10.7. The molecule has 0 saturated heterocycles. The summed E-state index contributed by atoms with van der Waals surface area (Å²) < 4.78 is 1.18. The average Bonchev–Trinajstić information content (AvgIpc) is 2.93. The van der Waals surface area contributed by atoms with Crippen LogP contribution in [0, 0.1) is 0 Å². The summed E-state index contributed by atoms with van der Waals surface area (Å²) in [5, 5.41) is 13.8. The van der Waals surface area contributed by atoms with Gasteiger partial charge in [0.15, 0.2) is 0 Å². The lowest BCUT2D eigenvalue weighted by atomic mass is 9.92. The van der Waals surface area contributed by atoms with E-state index in [0.29, 0.717) is 6.54 Å². The van der Waals surface area contributed by atoms with Gasteiger partial charge in [-0.2, -0.15) is 0 Å². The van der Waals surface area contributed by atoms with Crippen molar-refractivity contribution < 1.29 is 5.11 Å². The zero-order chi connectivity index (χ0) is 13.9. The summed E-state index contributed by atoms with van der Waals surface area (Å²) in [6.45, 7) is 0.363. The molecule has 4 heteroatoms. The number of nitrogens with two attached hydrogens (primary N) is 1. The highest BCUT2D eigenvalue weighted by Crippen LogP contribution is 2.36. The monoisotopic (exact) mass is 284 g/mol. The molecule has 0 saturated carbocycles. The Morgan fingerprint density at radius 3 is 2.70 bits per heavy atom. The zero-order valence-electron chi connectivity index (χ0n) is 10.9. The largest absolute Gasteiger partial charge is 0.388 e. The number of hydrogen-bond acceptors (Lipinski definition) is 4. The van der Waals surface area contributed by atoms with Crippen LogP contribution in [-0.4, -0.2) is 16.6 Å². The molecule has 1 aromatic carbocycles. The first-order chi connectivity index (χ1) is 9.81. The van der Waals surface area contributed by atoms with Gasteiger partial charge < -0.3 is 10.8 Å². The van der Waals surface area contributed by atoms with Gasteiger partial charge in [0.2, 0.25) is 0 Å². The maximum absolute atomic E-state index is 10.7. The molecule has 0 fully saturated rings. The Balaban J connectivity index is 2.00. The number of hydrogen-bond donors (Lipinski definition) is 2. The smallest absolute Gasteiger partial charge is 0.0899 e. The van der Waals surface area contributed by atoms with Crippen LogP contribution in [0.15, 0.2) is 54.0 Å². The lowest BCUT2D eigenvalue weighted by Crippen LogP contribution is -2.20. The maximum Gasteiger partial charge on any atom is 0.0899 e. The van der Waals surface area contributed by atoms with Gasteiger partial charge in [0, 0.05) is 29.1 Å². The molecule has 2 unspecified atom stereocenters. The second-order valence-corrected chi connectivity index (χ2v) is 5.64. The molecule has 2 atom stereocenters. The van der Waals surface area contributed by atoms with Crippen molar-refractivity contribution in [3.05, 3.63) is 65.3 Å². The minimum Gasteiger partial charge on any atom is -0.388 e. The molecule has 3 rings (SSSR count). The van der Waals surface area contributed by atoms with Crippen molar-refractivity contribution in [2.45, 2.75) is 12.0 Å². The van der Waals surface area contributed by atoms with Crippen LogP contribution in [-0.2, 0) is 0 Å². The number of nitrogens with zero attached hydrogens (tertiary/aromatic N) is 1. The van der Waals surface area contributed by atoms with E-state index < -0.39 is 6.10 Å². The Morgan fingerprint density at radius 2 is 1.95 bits per heavy atom. The van der Waals surface area contributed by atoms with Crippen LogP contribution in [0.5, 0.6) is 0 Å². The Morgan fingerprint density at radius 1 is 1.15 bits per heavy atom. The fourth-order valence-corrected chi connectivity index (χ4v) is 3.44. The average molecular weight is 284 g/mol. The van der Waals surface area contributed by atoms with Crippen molar-refractivity contribution in [3.8, 4) is 0 Å². The summed E-state index contributed by atoms with van der Waals surface area (Å²) in [5.41, 5.74) is 7.63. The number of aromatic nitrogens is 1. The van der Waals surface area contributed by atoms with E-state index in [1.807, 2.05) is 41.8 Å². The molecule has 3 N–H and O–H groups in total. The highest BCUT2D eigenvalue weighted by molar-refractivity contribution is 7.17. The minimum absolute atomic E-state index is 0.186. The molecule has 0 spiro atoms. The molecule has 0 radical (unpaired) electrons. The van der Waals surface area contributed by atoms with Crippen LogP contribution in [0.4, 0.5) is 0 Å². The summed E-state index contributed by atoms with van der Waals surface area (Å²) in [4.78, 5) is 4.32. The third-order valence-corrected chi connectivity index (χ3v) is 4.51. The lowest BCUT2D eigenvalue weighted by molar-refractivity contribution is 0.147. The van der Waals surface area contributed by atoms with Crippen LogP contribution in [0.25, 0.3) is 10.1 Å². The van der Waals surface area contributed by atoms with Crippen molar-refractivity contribution in [1.82, 2.24) is 4.98 Å². The summed E-state index contributed by atoms with van der Waals surface area (Å²) in [5.74, 6) is -0.186. The Bertz CT molecular complexity index is 696. The van der Waals surface area contributed by atoms with Crippen molar-refractivity contribution in [1.29, 1.82) is 0 Å². The first-order valence-electron chi connectivity index (χ1n) is 6.56. The third-order valence-electron chi connectivity index (χ3n) is 3.53. The quantitative estimate of drug-likeness (QED) is 0.774. The second-order valence-electron chi connectivity index (χ2n) is 4.73. The molecule has 0 aliphatic rings. The number of aliphatic hydroxyl groups excluding tert-OH is 1. The van der Waals surface area contributed by atoms with Gasteiger partial charge in [0.1, 0.15) is 0 Å². The van der Waals surface area contributed by atoms with E-state index in [2.05, 4.69) is 11.1 Å². The van der Waals surface area contributed by atoms with Gasteiger partial charge in [0.25, 0.3) is 0 Å². The predicted octanol–water partition coefficient (Wildman–Crippen LogP) is 3.07. The van der Waals surface area contributed by atoms with Gasteiger partial charge in [-0.05, 0) is 34.5 Å². The van der Waals surface area contributed by atoms with Gasteiger partial charge in [-0.15, -0.1) is 11.3 Å². The van der Waals surface area contributed by atoms with Gasteiger partial charge >= 0.3 is 0 Å². The molecule has 2 aromatic heterocycles. The van der Waals surface area contributed by atoms with E-state index in [-0.39, 0.29) is 5.92 Å². The molecular formula is C16H16N2OS. The molecule has 102 valence electrons. The number of pyridine rings is 1. The molecule has 0 aliphatic heterocycles. The van der Waals surface area contributed by atoms with Crippen molar-refractivity contribution >= 4 is 21.4 Å². The van der Waals surface area contributed by atoms with E-state index in [9.17, 15) is 5.11 Å².